The third kappa shape index (κ3) is 4.95. The van der Waals surface area contributed by atoms with E-state index >= 15 is 0 Å². The number of hydrogen-bond donors (Lipinski definition) is 0. The van der Waals surface area contributed by atoms with Crippen LogP contribution in [-0.2, 0) is 12.5 Å². The summed E-state index contributed by atoms with van der Waals surface area (Å²) in [6.45, 7) is 0.761. The lowest BCUT2D eigenvalue weighted by molar-refractivity contribution is -0.291. The summed E-state index contributed by atoms with van der Waals surface area (Å²) in [6, 6.07) is 5.94. The second kappa shape index (κ2) is 9.84. The van der Waals surface area contributed by atoms with Gasteiger partial charge in [-0.15, -0.1) is 0 Å². The first-order valence-electron chi connectivity index (χ1n) is 9.84. The molecule has 2 heterocycles. The maximum atomic E-state index is 14.3. The van der Waals surface area contributed by atoms with E-state index in [0.29, 0.717) is 17.0 Å². The molecule has 7 nitrogen and oxygen atoms in total. The average molecular weight is 516 g/mol. The number of pyridine rings is 1. The first-order valence-corrected chi connectivity index (χ1v) is 9.84. The fraction of sp³-hybridized carbons (Fsp3) is 0.273. The molecule has 0 amide bonds. The molecular weight excluding hydrogens is 501 g/mol. The monoisotopic (exact) mass is 516 g/mol. The Kier molecular flexibility index (Phi) is 7.23. The molecule has 36 heavy (non-hydrogen) atoms. The maximum absolute atomic E-state index is 14.3. The van der Waals surface area contributed by atoms with Gasteiger partial charge in [-0.3, -0.25) is 9.36 Å². The molecule has 14 heteroatoms. The predicted octanol–water partition coefficient (Wildman–Crippen LogP) is 5.26. The van der Waals surface area contributed by atoms with Crippen molar-refractivity contribution in [2.75, 3.05) is 7.11 Å². The van der Waals surface area contributed by atoms with Crippen LogP contribution in [0, 0.1) is 18.3 Å². The molecule has 0 saturated heterocycles. The van der Waals surface area contributed by atoms with E-state index in [4.69, 9.17) is 9.47 Å². The van der Waals surface area contributed by atoms with E-state index in [1.807, 2.05) is 0 Å². The van der Waals surface area contributed by atoms with Crippen LogP contribution in [0.5, 0.6) is 17.4 Å². The highest BCUT2D eigenvalue weighted by atomic mass is 19.4. The van der Waals surface area contributed by atoms with Crippen molar-refractivity contribution in [1.29, 1.82) is 5.26 Å². The second-order valence-electron chi connectivity index (χ2n) is 7.31. The smallest absolute Gasteiger partial charge is 0.459 e. The molecule has 0 N–H and O–H groups in total. The van der Waals surface area contributed by atoms with Gasteiger partial charge in [-0.1, -0.05) is 6.07 Å². The van der Waals surface area contributed by atoms with Gasteiger partial charge in [0, 0.05) is 22.9 Å². The Balaban J connectivity index is 2.25. The summed E-state index contributed by atoms with van der Waals surface area (Å²) in [6.07, 6.45) is -7.49. The number of methoxy groups -OCH3 is 1. The van der Waals surface area contributed by atoms with Crippen molar-refractivity contribution in [3.63, 3.8) is 0 Å². The lowest BCUT2D eigenvalue weighted by atomic mass is 10.0. The van der Waals surface area contributed by atoms with E-state index in [1.54, 1.807) is 6.07 Å². The SMILES string of the molecule is COc1ncccc1Cn1cnc(C(F)(F)C(F)(F)F)c(Oc2cc(C(F)F)cc(C#N)c2C)c1=O. The topological polar surface area (TPSA) is 90.0 Å². The normalized spacial score (nSPS) is 11.9. The van der Waals surface area contributed by atoms with Crippen LogP contribution in [0.4, 0.5) is 30.7 Å². The molecule has 0 fully saturated rings. The molecule has 3 rings (SSSR count). The number of nitriles is 1. The zero-order valence-corrected chi connectivity index (χ0v) is 18.4. The fourth-order valence-corrected chi connectivity index (χ4v) is 3.11. The summed E-state index contributed by atoms with van der Waals surface area (Å²) in [4.78, 5) is 20.1. The van der Waals surface area contributed by atoms with Crippen LogP contribution in [0.3, 0.4) is 0 Å². The number of nitrogens with zero attached hydrogens (tertiary/aromatic N) is 4. The van der Waals surface area contributed by atoms with Gasteiger partial charge in [0.2, 0.25) is 11.6 Å². The molecule has 190 valence electrons. The van der Waals surface area contributed by atoms with Gasteiger partial charge in [0.1, 0.15) is 5.75 Å². The van der Waals surface area contributed by atoms with Crippen molar-refractivity contribution < 1.29 is 40.2 Å². The van der Waals surface area contributed by atoms with Crippen molar-refractivity contribution in [3.05, 3.63) is 75.1 Å². The summed E-state index contributed by atoms with van der Waals surface area (Å²) < 4.78 is 105. The lowest BCUT2D eigenvalue weighted by Gasteiger charge is -2.22. The highest BCUT2D eigenvalue weighted by molar-refractivity contribution is 5.51. The van der Waals surface area contributed by atoms with Gasteiger partial charge in [0.25, 0.3) is 12.0 Å². The minimum atomic E-state index is -6.17. The summed E-state index contributed by atoms with van der Waals surface area (Å²) in [7, 11) is 1.26. The Morgan fingerprint density at radius 3 is 2.44 bits per heavy atom. The summed E-state index contributed by atoms with van der Waals surface area (Å²) in [5.41, 5.74) is -4.62. The van der Waals surface area contributed by atoms with E-state index in [0.717, 1.165) is 6.07 Å². The fourth-order valence-electron chi connectivity index (χ4n) is 3.11. The molecule has 0 unspecified atom stereocenters. The second-order valence-corrected chi connectivity index (χ2v) is 7.31. The minimum absolute atomic E-state index is 0.0377. The van der Waals surface area contributed by atoms with Crippen LogP contribution in [0.2, 0.25) is 0 Å². The minimum Gasteiger partial charge on any atom is -0.481 e. The predicted molar refractivity (Wildman–Crippen MR) is 109 cm³/mol. The average Bonchev–Trinajstić information content (AvgIpc) is 2.82. The molecule has 0 atom stereocenters. The number of hydrogen-bond acceptors (Lipinski definition) is 6. The molecule has 0 aliphatic heterocycles. The molecule has 1 aromatic carbocycles. The van der Waals surface area contributed by atoms with Gasteiger partial charge in [0.15, 0.2) is 5.69 Å². The van der Waals surface area contributed by atoms with Gasteiger partial charge >= 0.3 is 12.1 Å². The molecular formula is C22H15F7N4O3. The summed E-state index contributed by atoms with van der Waals surface area (Å²) >= 11 is 0. The van der Waals surface area contributed by atoms with Gasteiger partial charge in [-0.05, 0) is 25.1 Å². The standard InChI is InChI=1S/C22H15F7N4O3/c1-11-14(8-30)6-13(18(23)24)7-15(11)36-16-17(21(25,26)22(27,28)29)32-10-33(20(16)34)9-12-4-3-5-31-19(12)35-2/h3-7,10,18H,9H2,1-2H3. The molecule has 0 spiro atoms. The Morgan fingerprint density at radius 2 is 1.86 bits per heavy atom. The summed E-state index contributed by atoms with van der Waals surface area (Å²) in [5.74, 6) is -7.85. The van der Waals surface area contributed by atoms with Gasteiger partial charge in [-0.25, -0.2) is 18.7 Å². The van der Waals surface area contributed by atoms with E-state index < -0.39 is 53.4 Å². The van der Waals surface area contributed by atoms with E-state index in [9.17, 15) is 40.8 Å². The first-order chi connectivity index (χ1) is 16.8. The van der Waals surface area contributed by atoms with Crippen molar-refractivity contribution in [2.45, 2.75) is 32.0 Å². The number of benzene rings is 1. The largest absolute Gasteiger partial charge is 0.481 e. The molecule has 0 saturated carbocycles. The highest BCUT2D eigenvalue weighted by Crippen LogP contribution is 2.46. The lowest BCUT2D eigenvalue weighted by Crippen LogP contribution is -2.37. The van der Waals surface area contributed by atoms with E-state index in [-0.39, 0.29) is 22.6 Å². The van der Waals surface area contributed by atoms with E-state index in [1.165, 1.54) is 32.4 Å². The van der Waals surface area contributed by atoms with Crippen LogP contribution in [0.1, 0.15) is 34.4 Å². The molecule has 2 aromatic heterocycles. The van der Waals surface area contributed by atoms with Gasteiger partial charge in [0.05, 0.1) is 31.6 Å². The number of rotatable bonds is 7. The van der Waals surface area contributed by atoms with Crippen LogP contribution in [0.25, 0.3) is 0 Å². The van der Waals surface area contributed by atoms with Crippen LogP contribution < -0.4 is 15.0 Å². The third-order valence-electron chi connectivity index (χ3n) is 5.00. The van der Waals surface area contributed by atoms with Crippen LogP contribution in [0.15, 0.2) is 41.6 Å². The zero-order valence-electron chi connectivity index (χ0n) is 18.4. The Morgan fingerprint density at radius 1 is 1.17 bits per heavy atom. The Labute approximate surface area is 198 Å². The van der Waals surface area contributed by atoms with Crippen LogP contribution in [-0.4, -0.2) is 27.8 Å². The number of ether oxygens (including phenoxy) is 2. The molecule has 3 aromatic rings. The summed E-state index contributed by atoms with van der Waals surface area (Å²) in [5, 5.41) is 9.20. The van der Waals surface area contributed by atoms with Crippen molar-refractivity contribution in [3.8, 4) is 23.4 Å². The third-order valence-corrected chi connectivity index (χ3v) is 5.00. The van der Waals surface area contributed by atoms with Crippen molar-refractivity contribution in [2.24, 2.45) is 0 Å². The number of aromatic nitrogens is 3. The van der Waals surface area contributed by atoms with Crippen LogP contribution >= 0.6 is 0 Å². The van der Waals surface area contributed by atoms with Crippen molar-refractivity contribution in [1.82, 2.24) is 14.5 Å². The van der Waals surface area contributed by atoms with Crippen molar-refractivity contribution >= 4 is 0 Å². The Hall–Kier alpha value is -4.15. The maximum Gasteiger partial charge on any atom is 0.459 e. The van der Waals surface area contributed by atoms with E-state index in [2.05, 4.69) is 9.97 Å². The molecule has 0 bridgehead atoms. The molecule has 0 radical (unpaired) electrons. The zero-order chi connectivity index (χ0) is 26.8. The highest BCUT2D eigenvalue weighted by Gasteiger charge is 2.62. The number of halogens is 7. The molecule has 0 aliphatic carbocycles. The quantitative estimate of drug-likeness (QED) is 0.398. The number of alkyl halides is 7. The molecule has 0 aliphatic rings. The first kappa shape index (κ1) is 26.5. The van der Waals surface area contributed by atoms with Gasteiger partial charge < -0.3 is 9.47 Å². The Bertz CT molecular complexity index is 1380. The van der Waals surface area contributed by atoms with Gasteiger partial charge in [-0.2, -0.15) is 27.2 Å².